The lowest BCUT2D eigenvalue weighted by Gasteiger charge is -2.09. The van der Waals surface area contributed by atoms with Crippen LogP contribution in [-0.4, -0.2) is 28.9 Å². The molecule has 2 amide bonds. The molecule has 2 N–H and O–H groups in total. The van der Waals surface area contributed by atoms with E-state index >= 15 is 0 Å². The van der Waals surface area contributed by atoms with E-state index in [9.17, 15) is 14.0 Å². The number of nitrogens with one attached hydrogen (secondary N) is 2. The zero-order valence-corrected chi connectivity index (χ0v) is 20.7. The van der Waals surface area contributed by atoms with Gasteiger partial charge in [-0.25, -0.2) is 9.37 Å². The van der Waals surface area contributed by atoms with Gasteiger partial charge in [-0.3, -0.25) is 9.59 Å². The maximum Gasteiger partial charge on any atom is 0.240 e. The fraction of sp³-hybridized carbons (Fsp3) is 0.280. The van der Waals surface area contributed by atoms with Crippen molar-refractivity contribution in [3.63, 3.8) is 0 Å². The third-order valence-corrected chi connectivity index (χ3v) is 6.09. The van der Waals surface area contributed by atoms with E-state index in [0.29, 0.717) is 39.5 Å². The third kappa shape index (κ3) is 6.86. The summed E-state index contributed by atoms with van der Waals surface area (Å²) in [6.07, 6.45) is 1.28. The maximum atomic E-state index is 13.5. The number of nitriles is 1. The van der Waals surface area contributed by atoms with Crippen molar-refractivity contribution in [2.75, 3.05) is 6.54 Å². The van der Waals surface area contributed by atoms with E-state index in [1.807, 2.05) is 19.9 Å². The number of hydrogen-bond acceptors (Lipinski definition) is 5. The van der Waals surface area contributed by atoms with E-state index in [2.05, 4.69) is 34.8 Å². The summed E-state index contributed by atoms with van der Waals surface area (Å²) in [5.41, 5.74) is 1.24. The molecule has 0 spiro atoms. The summed E-state index contributed by atoms with van der Waals surface area (Å²) in [5.74, 6) is -1.09. The molecule has 0 saturated heterocycles. The molecule has 3 aromatic rings. The molecule has 178 valence electrons. The minimum Gasteiger partial charge on any atom is -0.347 e. The zero-order chi connectivity index (χ0) is 25.3. The van der Waals surface area contributed by atoms with Crippen LogP contribution >= 0.6 is 22.9 Å². The zero-order valence-electron chi connectivity index (χ0n) is 19.1. The Morgan fingerprint density at radius 1 is 1.24 bits per heavy atom. The van der Waals surface area contributed by atoms with Crippen LogP contribution in [0.2, 0.25) is 5.02 Å². The molecule has 9 heteroatoms. The number of fused-ring (bicyclic) bond motifs is 1. The monoisotopic (exact) mass is 500 g/mol. The summed E-state index contributed by atoms with van der Waals surface area (Å²) in [7, 11) is 0. The molecule has 0 bridgehead atoms. The van der Waals surface area contributed by atoms with Gasteiger partial charge in [0, 0.05) is 5.56 Å². The highest BCUT2D eigenvalue weighted by Crippen LogP contribution is 2.35. The molecule has 1 saturated carbocycles. The molecular formula is C25H26ClFN4O2S. The first-order valence-electron chi connectivity index (χ1n) is 10.7. The maximum absolute atomic E-state index is 13.5. The Labute approximate surface area is 207 Å². The smallest absolute Gasteiger partial charge is 0.240 e. The lowest BCUT2D eigenvalue weighted by molar-refractivity contribution is -0.126. The number of benzene rings is 2. The van der Waals surface area contributed by atoms with Gasteiger partial charge in [-0.05, 0) is 42.7 Å². The van der Waals surface area contributed by atoms with Crippen molar-refractivity contribution in [2.45, 2.75) is 38.6 Å². The molecule has 34 heavy (non-hydrogen) atoms. The van der Waals surface area contributed by atoms with Crippen LogP contribution in [0.1, 0.15) is 31.7 Å². The number of carbonyl (C=O) groups is 2. The predicted octanol–water partition coefficient (Wildman–Crippen LogP) is 5.42. The molecule has 4 rings (SSSR count). The molecule has 2 aromatic carbocycles. The largest absolute Gasteiger partial charge is 0.347 e. The van der Waals surface area contributed by atoms with E-state index in [4.69, 9.17) is 16.9 Å². The Morgan fingerprint density at radius 3 is 2.56 bits per heavy atom. The second kappa shape index (κ2) is 12.3. The van der Waals surface area contributed by atoms with Crippen molar-refractivity contribution in [3.8, 4) is 17.2 Å². The molecule has 0 radical (unpaired) electrons. The van der Waals surface area contributed by atoms with Gasteiger partial charge in [-0.1, -0.05) is 37.6 Å². The topological polar surface area (TPSA) is 94.9 Å². The Balaban J connectivity index is 0.000000970. The lowest BCUT2D eigenvalue weighted by atomic mass is 10.1. The molecular weight excluding hydrogens is 475 g/mol. The molecule has 1 aliphatic rings. The summed E-state index contributed by atoms with van der Waals surface area (Å²) >= 11 is 7.69. The lowest BCUT2D eigenvalue weighted by Crippen LogP contribution is -2.43. The van der Waals surface area contributed by atoms with Crippen molar-refractivity contribution < 1.29 is 14.0 Å². The summed E-state index contributed by atoms with van der Waals surface area (Å²) in [6, 6.07) is 11.8. The van der Waals surface area contributed by atoms with Gasteiger partial charge in [0.15, 0.2) is 0 Å². The molecule has 1 aliphatic carbocycles. The van der Waals surface area contributed by atoms with Crippen LogP contribution in [0.3, 0.4) is 0 Å². The normalized spacial score (nSPS) is 12.8. The summed E-state index contributed by atoms with van der Waals surface area (Å²) < 4.78 is 14.4. The molecule has 0 aliphatic heterocycles. The van der Waals surface area contributed by atoms with E-state index in [1.54, 1.807) is 18.2 Å². The van der Waals surface area contributed by atoms with Gasteiger partial charge in [-0.2, -0.15) is 5.26 Å². The number of rotatable bonds is 6. The summed E-state index contributed by atoms with van der Waals surface area (Å²) in [5, 5.41) is 15.2. The SMILES string of the molecule is C=C.CC.N#CC1(NC(=O)CNC(=O)Cc2nc3cc(Cl)c(-c4cccc(F)c4)cc3s2)CC1. The highest BCUT2D eigenvalue weighted by molar-refractivity contribution is 7.18. The predicted molar refractivity (Wildman–Crippen MR) is 135 cm³/mol. The number of halogens is 2. The van der Waals surface area contributed by atoms with Crippen molar-refractivity contribution >= 4 is 45.0 Å². The Kier molecular flexibility index (Phi) is 9.72. The minimum atomic E-state index is -0.756. The van der Waals surface area contributed by atoms with Gasteiger partial charge >= 0.3 is 0 Å². The van der Waals surface area contributed by atoms with Gasteiger partial charge in [0.1, 0.15) is 16.4 Å². The van der Waals surface area contributed by atoms with Crippen LogP contribution in [0, 0.1) is 17.1 Å². The molecule has 1 aromatic heterocycles. The van der Waals surface area contributed by atoms with Crippen molar-refractivity contribution in [2.24, 2.45) is 0 Å². The number of nitrogens with zero attached hydrogens (tertiary/aromatic N) is 2. The molecule has 1 heterocycles. The summed E-state index contributed by atoms with van der Waals surface area (Å²) in [6.45, 7) is 9.81. The first kappa shape index (κ1) is 27.0. The van der Waals surface area contributed by atoms with Crippen LogP contribution < -0.4 is 10.6 Å². The van der Waals surface area contributed by atoms with E-state index in [0.717, 1.165) is 4.70 Å². The number of amides is 2. The molecule has 0 unspecified atom stereocenters. The van der Waals surface area contributed by atoms with Gasteiger partial charge < -0.3 is 10.6 Å². The summed E-state index contributed by atoms with van der Waals surface area (Å²) in [4.78, 5) is 28.5. The third-order valence-electron chi connectivity index (χ3n) is 4.76. The first-order chi connectivity index (χ1) is 16.4. The Hall–Kier alpha value is -3.28. The van der Waals surface area contributed by atoms with Crippen molar-refractivity contribution in [3.05, 3.63) is 65.4 Å². The Bertz CT molecular complexity index is 1220. The number of aromatic nitrogens is 1. The number of hydrogen-bond donors (Lipinski definition) is 2. The second-order valence-corrected chi connectivity index (χ2v) is 8.64. The van der Waals surface area contributed by atoms with Crippen molar-refractivity contribution in [1.29, 1.82) is 5.26 Å². The van der Waals surface area contributed by atoms with Crippen LogP contribution in [0.15, 0.2) is 49.6 Å². The fourth-order valence-electron chi connectivity index (χ4n) is 3.03. The van der Waals surface area contributed by atoms with E-state index in [1.165, 1.54) is 23.5 Å². The van der Waals surface area contributed by atoms with Gasteiger partial charge in [-0.15, -0.1) is 24.5 Å². The average molecular weight is 501 g/mol. The molecule has 0 atom stereocenters. The number of thiazole rings is 1. The van der Waals surface area contributed by atoms with Gasteiger partial charge in [0.05, 0.1) is 34.3 Å². The molecule has 6 nitrogen and oxygen atoms in total. The van der Waals surface area contributed by atoms with Gasteiger partial charge in [0.25, 0.3) is 0 Å². The highest BCUT2D eigenvalue weighted by Gasteiger charge is 2.44. The quantitative estimate of drug-likeness (QED) is 0.442. The van der Waals surface area contributed by atoms with E-state index in [-0.39, 0.29) is 24.7 Å². The number of carbonyl (C=O) groups excluding carboxylic acids is 2. The first-order valence-corrected chi connectivity index (χ1v) is 11.9. The van der Waals surface area contributed by atoms with Crippen LogP contribution in [0.25, 0.3) is 21.3 Å². The van der Waals surface area contributed by atoms with Crippen molar-refractivity contribution in [1.82, 2.24) is 15.6 Å². The second-order valence-electron chi connectivity index (χ2n) is 7.11. The van der Waals surface area contributed by atoms with Crippen LogP contribution in [-0.2, 0) is 16.0 Å². The Morgan fingerprint density at radius 2 is 1.94 bits per heavy atom. The van der Waals surface area contributed by atoms with E-state index < -0.39 is 11.4 Å². The fourth-order valence-corrected chi connectivity index (χ4v) is 4.28. The highest BCUT2D eigenvalue weighted by atomic mass is 35.5. The average Bonchev–Trinajstić information content (AvgIpc) is 3.51. The van der Waals surface area contributed by atoms with Crippen LogP contribution in [0.4, 0.5) is 4.39 Å². The minimum absolute atomic E-state index is 0.0168. The van der Waals surface area contributed by atoms with Gasteiger partial charge in [0.2, 0.25) is 11.8 Å². The standard InChI is InChI=1S/C21H16ClFN4O2S.C2H6.C2H4/c22-15-8-16-17(7-14(15)12-2-1-3-13(23)6-12)30-20(26-16)9-18(28)25-10-19(29)27-21(11-24)4-5-21;2*1-2/h1-3,6-8H,4-5,9-10H2,(H,25,28)(H,27,29);1-2H3;1-2H2. The van der Waals surface area contributed by atoms with Crippen LogP contribution in [0.5, 0.6) is 0 Å². The molecule has 1 fully saturated rings.